The Bertz CT molecular complexity index is 273. The van der Waals surface area contributed by atoms with Gasteiger partial charge in [-0.1, -0.05) is 0 Å². The van der Waals surface area contributed by atoms with Crippen LogP contribution >= 0.6 is 0 Å². The molecule has 1 heterocycles. The molecule has 0 aromatic carbocycles. The smallest absolute Gasteiger partial charge is 0.109 e. The van der Waals surface area contributed by atoms with Crippen LogP contribution in [0.5, 0.6) is 0 Å². The van der Waals surface area contributed by atoms with Crippen LogP contribution in [0.2, 0.25) is 0 Å². The lowest BCUT2D eigenvalue weighted by Crippen LogP contribution is -2.04. The Morgan fingerprint density at radius 1 is 1.58 bits per heavy atom. The van der Waals surface area contributed by atoms with E-state index in [9.17, 15) is 0 Å². The molecule has 1 aliphatic rings. The van der Waals surface area contributed by atoms with Crippen LogP contribution in [-0.4, -0.2) is 16.5 Å². The molecule has 0 aliphatic heterocycles. The topological polar surface area (TPSA) is 54.7 Å². The summed E-state index contributed by atoms with van der Waals surface area (Å²) in [5.74, 6) is 1.89. The van der Waals surface area contributed by atoms with E-state index in [-0.39, 0.29) is 0 Å². The molecule has 1 fully saturated rings. The number of imidazole rings is 1. The third kappa shape index (κ3) is 1.37. The molecule has 3 N–H and O–H groups in total. The first-order chi connectivity index (χ1) is 5.81. The molecular formula is C9H15N3. The summed E-state index contributed by atoms with van der Waals surface area (Å²) in [5, 5.41) is 0. The van der Waals surface area contributed by atoms with Crippen LogP contribution in [0.25, 0.3) is 0 Å². The summed E-state index contributed by atoms with van der Waals surface area (Å²) in [6, 6.07) is 0. The van der Waals surface area contributed by atoms with E-state index in [4.69, 9.17) is 5.73 Å². The van der Waals surface area contributed by atoms with Crippen molar-refractivity contribution in [2.24, 2.45) is 5.73 Å². The fourth-order valence-electron chi connectivity index (χ4n) is 1.45. The van der Waals surface area contributed by atoms with Crippen LogP contribution in [0.1, 0.15) is 36.0 Å². The molecule has 1 aliphatic carbocycles. The van der Waals surface area contributed by atoms with Crippen molar-refractivity contribution < 1.29 is 0 Å². The molecule has 0 radical (unpaired) electrons. The van der Waals surface area contributed by atoms with Gasteiger partial charge >= 0.3 is 0 Å². The number of aryl methyl sites for hydroxylation is 1. The van der Waals surface area contributed by atoms with Gasteiger partial charge in [-0.2, -0.15) is 0 Å². The number of nitrogens with two attached hydrogens (primary N) is 1. The highest BCUT2D eigenvalue weighted by molar-refractivity contribution is 5.18. The van der Waals surface area contributed by atoms with Gasteiger partial charge in [0, 0.05) is 18.0 Å². The number of rotatable bonds is 3. The summed E-state index contributed by atoms with van der Waals surface area (Å²) in [7, 11) is 0. The van der Waals surface area contributed by atoms with Gasteiger partial charge in [0.2, 0.25) is 0 Å². The van der Waals surface area contributed by atoms with Crippen molar-refractivity contribution in [1.82, 2.24) is 9.97 Å². The van der Waals surface area contributed by atoms with Gasteiger partial charge in [-0.25, -0.2) is 4.98 Å². The molecule has 0 atom stereocenters. The number of hydrogen-bond donors (Lipinski definition) is 2. The van der Waals surface area contributed by atoms with Crippen molar-refractivity contribution in [2.75, 3.05) is 6.54 Å². The minimum absolute atomic E-state index is 0.690. The van der Waals surface area contributed by atoms with Crippen LogP contribution in [0.3, 0.4) is 0 Å². The summed E-state index contributed by atoms with van der Waals surface area (Å²) in [6.45, 7) is 2.76. The van der Waals surface area contributed by atoms with Crippen LogP contribution in [0.4, 0.5) is 0 Å². The zero-order chi connectivity index (χ0) is 8.55. The molecule has 0 spiro atoms. The molecular weight excluding hydrogens is 150 g/mol. The van der Waals surface area contributed by atoms with E-state index in [2.05, 4.69) is 16.9 Å². The van der Waals surface area contributed by atoms with Gasteiger partial charge in [-0.05, 0) is 26.3 Å². The monoisotopic (exact) mass is 165 g/mol. The zero-order valence-corrected chi connectivity index (χ0v) is 7.43. The first-order valence-corrected chi connectivity index (χ1v) is 4.56. The van der Waals surface area contributed by atoms with E-state index in [0.717, 1.165) is 18.0 Å². The fraction of sp³-hybridized carbons (Fsp3) is 0.667. The maximum atomic E-state index is 5.48. The highest BCUT2D eigenvalue weighted by Gasteiger charge is 2.27. The predicted octanol–water partition coefficient (Wildman–Crippen LogP) is 1.10. The molecule has 12 heavy (non-hydrogen) atoms. The Labute approximate surface area is 72.4 Å². The molecule has 2 rings (SSSR count). The minimum Gasteiger partial charge on any atom is -0.346 e. The largest absolute Gasteiger partial charge is 0.346 e. The minimum atomic E-state index is 0.690. The van der Waals surface area contributed by atoms with Crippen molar-refractivity contribution >= 4 is 0 Å². The molecule has 3 heteroatoms. The van der Waals surface area contributed by atoms with Crippen LogP contribution in [-0.2, 0) is 6.42 Å². The lowest BCUT2D eigenvalue weighted by Gasteiger charge is -1.91. The highest BCUT2D eigenvalue weighted by Crippen LogP contribution is 2.38. The van der Waals surface area contributed by atoms with Crippen LogP contribution in [0.15, 0.2) is 0 Å². The lowest BCUT2D eigenvalue weighted by molar-refractivity contribution is 0.905. The highest BCUT2D eigenvalue weighted by atomic mass is 14.9. The van der Waals surface area contributed by atoms with Crippen molar-refractivity contribution in [1.29, 1.82) is 0 Å². The van der Waals surface area contributed by atoms with Gasteiger partial charge in [0.05, 0.1) is 5.69 Å². The van der Waals surface area contributed by atoms with E-state index in [1.54, 1.807) is 0 Å². The molecule has 3 nitrogen and oxygen atoms in total. The number of nitrogens with zero attached hydrogens (tertiary/aromatic N) is 1. The van der Waals surface area contributed by atoms with Gasteiger partial charge in [0.1, 0.15) is 5.82 Å². The van der Waals surface area contributed by atoms with Gasteiger partial charge < -0.3 is 10.7 Å². The maximum Gasteiger partial charge on any atom is 0.109 e. The Hall–Kier alpha value is -0.830. The summed E-state index contributed by atoms with van der Waals surface area (Å²) in [5.41, 5.74) is 7.83. The van der Waals surface area contributed by atoms with Gasteiger partial charge in [0.15, 0.2) is 0 Å². The summed E-state index contributed by atoms with van der Waals surface area (Å²) in [4.78, 5) is 7.85. The molecule has 0 saturated heterocycles. The van der Waals surface area contributed by atoms with Crippen molar-refractivity contribution in [2.45, 2.75) is 32.1 Å². The van der Waals surface area contributed by atoms with Crippen molar-refractivity contribution in [3.05, 3.63) is 17.2 Å². The molecule has 1 saturated carbocycles. The predicted molar refractivity (Wildman–Crippen MR) is 48.1 cm³/mol. The Balaban J connectivity index is 2.18. The molecule has 1 aromatic heterocycles. The second kappa shape index (κ2) is 2.90. The standard InChI is InChI=1S/C9H15N3/c1-6-8(4-5-10)12-9(11-6)7-2-3-7/h7H,2-5,10H2,1H3,(H,11,12). The van der Waals surface area contributed by atoms with E-state index < -0.39 is 0 Å². The van der Waals surface area contributed by atoms with E-state index in [1.807, 2.05) is 0 Å². The van der Waals surface area contributed by atoms with Crippen LogP contribution < -0.4 is 5.73 Å². The lowest BCUT2D eigenvalue weighted by atomic mass is 10.3. The van der Waals surface area contributed by atoms with Crippen LogP contribution in [0, 0.1) is 6.92 Å². The number of nitrogens with one attached hydrogen (secondary N) is 1. The molecule has 0 bridgehead atoms. The third-order valence-electron chi connectivity index (χ3n) is 2.35. The average molecular weight is 165 g/mol. The Morgan fingerprint density at radius 2 is 2.33 bits per heavy atom. The number of hydrogen-bond acceptors (Lipinski definition) is 2. The number of aromatic nitrogens is 2. The van der Waals surface area contributed by atoms with Gasteiger partial charge in [0.25, 0.3) is 0 Å². The number of aromatic amines is 1. The van der Waals surface area contributed by atoms with Gasteiger partial charge in [-0.15, -0.1) is 0 Å². The first-order valence-electron chi connectivity index (χ1n) is 4.56. The first kappa shape index (κ1) is 7.80. The fourth-order valence-corrected chi connectivity index (χ4v) is 1.45. The molecule has 1 aromatic rings. The van der Waals surface area contributed by atoms with Crippen molar-refractivity contribution in [3.8, 4) is 0 Å². The molecule has 66 valence electrons. The summed E-state index contributed by atoms with van der Waals surface area (Å²) in [6.07, 6.45) is 3.50. The Kier molecular flexibility index (Phi) is 1.89. The Morgan fingerprint density at radius 3 is 2.92 bits per heavy atom. The van der Waals surface area contributed by atoms with E-state index in [1.165, 1.54) is 24.4 Å². The van der Waals surface area contributed by atoms with Gasteiger partial charge in [-0.3, -0.25) is 0 Å². The second-order valence-corrected chi connectivity index (χ2v) is 3.51. The summed E-state index contributed by atoms with van der Waals surface area (Å²) >= 11 is 0. The molecule has 0 amide bonds. The molecule has 0 unspecified atom stereocenters. The quantitative estimate of drug-likeness (QED) is 0.704. The van der Waals surface area contributed by atoms with E-state index in [0.29, 0.717) is 6.54 Å². The van der Waals surface area contributed by atoms with Crippen molar-refractivity contribution in [3.63, 3.8) is 0 Å². The maximum absolute atomic E-state index is 5.48. The number of H-pyrrole nitrogens is 1. The summed E-state index contributed by atoms with van der Waals surface area (Å²) < 4.78 is 0. The zero-order valence-electron chi connectivity index (χ0n) is 7.43. The SMILES string of the molecule is Cc1[nH]c(C2CC2)nc1CCN. The second-order valence-electron chi connectivity index (χ2n) is 3.51. The van der Waals surface area contributed by atoms with E-state index >= 15 is 0 Å². The third-order valence-corrected chi connectivity index (χ3v) is 2.35. The average Bonchev–Trinajstić information content (AvgIpc) is 2.80. The normalized spacial score (nSPS) is 16.8.